The van der Waals surface area contributed by atoms with Crippen LogP contribution in [0.2, 0.25) is 0 Å². The summed E-state index contributed by atoms with van der Waals surface area (Å²) in [6.45, 7) is 3.48. The van der Waals surface area contributed by atoms with Crippen molar-refractivity contribution in [3.63, 3.8) is 0 Å². The molecule has 2 heterocycles. The zero-order valence-electron chi connectivity index (χ0n) is 13.3. The van der Waals surface area contributed by atoms with Crippen molar-refractivity contribution >= 4 is 23.5 Å². The fourth-order valence-corrected chi connectivity index (χ4v) is 2.87. The van der Waals surface area contributed by atoms with Crippen molar-refractivity contribution in [2.24, 2.45) is 0 Å². The summed E-state index contributed by atoms with van der Waals surface area (Å²) in [6, 6.07) is 8.58. The Morgan fingerprint density at radius 1 is 0.773 bits per heavy atom. The minimum Gasteiger partial charge on any atom is -0.375 e. The van der Waals surface area contributed by atoms with Gasteiger partial charge in [-0.25, -0.2) is 9.13 Å². The Balaban J connectivity index is 1.58. The maximum Gasteiger partial charge on any atom is 0.171 e. The van der Waals surface area contributed by atoms with Crippen LogP contribution in [0.1, 0.15) is 6.42 Å². The topological polar surface area (TPSA) is 17.0 Å². The van der Waals surface area contributed by atoms with Crippen LogP contribution in [-0.4, -0.2) is 25.7 Å². The molecule has 5 heteroatoms. The van der Waals surface area contributed by atoms with Crippen molar-refractivity contribution in [2.75, 3.05) is 25.7 Å². The van der Waals surface area contributed by atoms with Crippen molar-refractivity contribution < 1.29 is 13.9 Å². The second-order valence-corrected chi connectivity index (χ2v) is 6.68. The third-order valence-corrected chi connectivity index (χ3v) is 4.88. The molecule has 3 nitrogen and oxygen atoms in total. The van der Waals surface area contributed by atoms with Crippen LogP contribution in [0.4, 0.5) is 0 Å². The van der Waals surface area contributed by atoms with Gasteiger partial charge in [-0.3, -0.25) is 0 Å². The smallest absolute Gasteiger partial charge is 0.171 e. The number of aromatic nitrogens is 2. The van der Waals surface area contributed by atoms with E-state index in [0.717, 1.165) is 32.7 Å². The van der Waals surface area contributed by atoms with Gasteiger partial charge in [0.15, 0.2) is 37.9 Å². The molecule has 2 rings (SSSR count). The summed E-state index contributed by atoms with van der Waals surface area (Å²) in [5.41, 5.74) is 0. The molecule has 0 N–H and O–H groups in total. The monoisotopic (exact) mass is 336 g/mol. The summed E-state index contributed by atoms with van der Waals surface area (Å²) in [4.78, 5) is 2.60. The lowest BCUT2D eigenvalue weighted by Crippen LogP contribution is -2.35. The number of hydrogen-bond acceptors (Lipinski definition) is 3. The molecule has 0 saturated heterocycles. The Morgan fingerprint density at radius 2 is 1.27 bits per heavy atom. The molecule has 0 aliphatic carbocycles. The number of nitrogens with zero attached hydrogens (tertiary/aromatic N) is 2. The number of hydrogen-bond donors (Lipinski definition) is 0. The zero-order chi connectivity index (χ0) is 15.6. The van der Waals surface area contributed by atoms with Gasteiger partial charge in [-0.05, 0) is 12.5 Å². The van der Waals surface area contributed by atoms with Crippen LogP contribution in [0.3, 0.4) is 0 Å². The van der Waals surface area contributed by atoms with Crippen LogP contribution in [0.15, 0.2) is 58.8 Å². The largest absolute Gasteiger partial charge is 0.375 e. The van der Waals surface area contributed by atoms with Gasteiger partial charge in [0.05, 0.1) is 6.61 Å². The molecule has 2 aromatic heterocycles. The fraction of sp³-hybridized carbons (Fsp3) is 0.412. The van der Waals surface area contributed by atoms with Crippen LogP contribution >= 0.6 is 23.5 Å². The van der Waals surface area contributed by atoms with E-state index in [1.807, 2.05) is 0 Å². The summed E-state index contributed by atoms with van der Waals surface area (Å²) in [7, 11) is 0. The van der Waals surface area contributed by atoms with Crippen LogP contribution in [-0.2, 0) is 17.8 Å². The molecule has 0 aromatic carbocycles. The van der Waals surface area contributed by atoms with Gasteiger partial charge >= 0.3 is 0 Å². The van der Waals surface area contributed by atoms with E-state index in [4.69, 9.17) is 4.74 Å². The predicted molar refractivity (Wildman–Crippen MR) is 92.3 cm³/mol. The van der Waals surface area contributed by atoms with Gasteiger partial charge in [-0.2, -0.15) is 0 Å². The van der Waals surface area contributed by atoms with E-state index in [9.17, 15) is 0 Å². The number of rotatable bonds is 9. The van der Waals surface area contributed by atoms with Crippen molar-refractivity contribution in [1.29, 1.82) is 0 Å². The Kier molecular flexibility index (Phi) is 7.77. The maximum absolute atomic E-state index is 5.72. The molecule has 0 aliphatic heterocycles. The first-order valence-corrected chi connectivity index (χ1v) is 9.90. The van der Waals surface area contributed by atoms with Crippen LogP contribution in [0, 0.1) is 0 Å². The lowest BCUT2D eigenvalue weighted by atomic mass is 10.4. The minimum absolute atomic E-state index is 0.763. The van der Waals surface area contributed by atoms with Crippen molar-refractivity contribution in [1.82, 2.24) is 0 Å². The molecule has 0 fully saturated rings. The SMILES string of the molecule is CSc1cc[n+](CCCOCC[n+]2ccc(SC)cc2)cc1. The van der Waals surface area contributed by atoms with Crippen LogP contribution in [0.25, 0.3) is 0 Å². The summed E-state index contributed by atoms with van der Waals surface area (Å²) in [5.74, 6) is 0. The summed E-state index contributed by atoms with van der Waals surface area (Å²) in [6.07, 6.45) is 13.7. The van der Waals surface area contributed by atoms with Crippen LogP contribution < -0.4 is 9.13 Å². The molecule has 0 amide bonds. The van der Waals surface area contributed by atoms with Gasteiger partial charge in [-0.1, -0.05) is 0 Å². The molecule has 0 bridgehead atoms. The minimum atomic E-state index is 0.763. The van der Waals surface area contributed by atoms with E-state index in [-0.39, 0.29) is 0 Å². The molecule has 0 saturated carbocycles. The quantitative estimate of drug-likeness (QED) is 0.398. The Hall–Kier alpha value is -1.04. The Labute approximate surface area is 141 Å². The first-order valence-electron chi connectivity index (χ1n) is 7.46. The van der Waals surface area contributed by atoms with Gasteiger partial charge < -0.3 is 4.74 Å². The maximum atomic E-state index is 5.72. The summed E-state index contributed by atoms with van der Waals surface area (Å²) >= 11 is 3.54. The average Bonchev–Trinajstić information content (AvgIpc) is 2.59. The molecule has 0 radical (unpaired) electrons. The third-order valence-electron chi connectivity index (χ3n) is 3.39. The zero-order valence-corrected chi connectivity index (χ0v) is 14.9. The highest BCUT2D eigenvalue weighted by Crippen LogP contribution is 2.11. The summed E-state index contributed by atoms with van der Waals surface area (Å²) in [5, 5.41) is 0. The lowest BCUT2D eigenvalue weighted by Gasteiger charge is -2.02. The van der Waals surface area contributed by atoms with Gasteiger partial charge in [0, 0.05) is 40.5 Å². The molecule has 0 unspecified atom stereocenters. The van der Waals surface area contributed by atoms with Gasteiger partial charge in [0.1, 0.15) is 6.61 Å². The van der Waals surface area contributed by atoms with Crippen molar-refractivity contribution in [2.45, 2.75) is 29.3 Å². The predicted octanol–water partition coefficient (Wildman–Crippen LogP) is 2.81. The number of aryl methyl sites for hydroxylation is 1. The number of thioether (sulfide) groups is 2. The highest BCUT2D eigenvalue weighted by Gasteiger charge is 2.02. The standard InChI is InChI=1S/C17H24N2OS2/c1-21-16-4-9-18(10-5-16)8-3-14-20-15-13-19-11-6-17(22-2)7-12-19/h4-7,9-12H,3,8,13-15H2,1-2H3/q+2. The first kappa shape index (κ1) is 17.3. The van der Waals surface area contributed by atoms with E-state index in [1.54, 1.807) is 23.5 Å². The lowest BCUT2D eigenvalue weighted by molar-refractivity contribution is -0.700. The highest BCUT2D eigenvalue weighted by molar-refractivity contribution is 7.98. The summed E-state index contributed by atoms with van der Waals surface area (Å²) < 4.78 is 10.1. The van der Waals surface area contributed by atoms with E-state index >= 15 is 0 Å². The van der Waals surface area contributed by atoms with Crippen molar-refractivity contribution in [3.8, 4) is 0 Å². The second kappa shape index (κ2) is 9.87. The Bertz CT molecular complexity index is 492. The molecule has 2 aromatic rings. The average molecular weight is 337 g/mol. The van der Waals surface area contributed by atoms with Crippen molar-refractivity contribution in [3.05, 3.63) is 49.1 Å². The molecule has 0 aliphatic rings. The van der Waals surface area contributed by atoms with E-state index in [0.29, 0.717) is 0 Å². The molecule has 0 spiro atoms. The van der Waals surface area contributed by atoms with Gasteiger partial charge in [0.2, 0.25) is 0 Å². The molecule has 118 valence electrons. The fourth-order valence-electron chi connectivity index (χ4n) is 2.08. The number of ether oxygens (including phenoxy) is 1. The third kappa shape index (κ3) is 5.99. The molecule has 22 heavy (non-hydrogen) atoms. The molecule has 0 atom stereocenters. The van der Waals surface area contributed by atoms with Crippen LogP contribution in [0.5, 0.6) is 0 Å². The molecular weight excluding hydrogens is 312 g/mol. The highest BCUT2D eigenvalue weighted by atomic mass is 32.2. The first-order chi connectivity index (χ1) is 10.8. The van der Waals surface area contributed by atoms with Gasteiger partial charge in [0.25, 0.3) is 0 Å². The Morgan fingerprint density at radius 3 is 1.77 bits per heavy atom. The van der Waals surface area contributed by atoms with E-state index in [1.165, 1.54) is 9.79 Å². The molecular formula is C17H24N2OS2+2. The normalized spacial score (nSPS) is 10.8. The van der Waals surface area contributed by atoms with E-state index in [2.05, 4.69) is 70.7 Å². The van der Waals surface area contributed by atoms with E-state index < -0.39 is 0 Å². The second-order valence-electron chi connectivity index (χ2n) is 4.92. The van der Waals surface area contributed by atoms with Gasteiger partial charge in [-0.15, -0.1) is 23.5 Å². The number of pyridine rings is 2.